The lowest BCUT2D eigenvalue weighted by Crippen LogP contribution is -2.19. The van der Waals surface area contributed by atoms with Gasteiger partial charge in [-0.05, 0) is 24.3 Å². The summed E-state index contributed by atoms with van der Waals surface area (Å²) in [5.41, 5.74) is 1.29. The molecule has 7 nitrogen and oxygen atoms in total. The third-order valence-corrected chi connectivity index (χ3v) is 4.98. The number of carbonyl (C=O) groups excluding carboxylic acids is 1. The first kappa shape index (κ1) is 18.9. The van der Waals surface area contributed by atoms with Gasteiger partial charge in [0.25, 0.3) is 5.19 Å². The Morgan fingerprint density at radius 1 is 1.07 bits per heavy atom. The highest BCUT2D eigenvalue weighted by Crippen LogP contribution is 2.32. The number of hydrogen-bond acceptors (Lipinski definition) is 6. The molecule has 148 valence electrons. The summed E-state index contributed by atoms with van der Waals surface area (Å²) < 4.78 is 12.2. The summed E-state index contributed by atoms with van der Waals surface area (Å²) in [6.07, 6.45) is 0. The van der Waals surface area contributed by atoms with Crippen LogP contribution in [0.1, 0.15) is 26.5 Å². The highest BCUT2D eigenvalue weighted by atomic mass is 32.1. The molecule has 8 heteroatoms. The summed E-state index contributed by atoms with van der Waals surface area (Å²) in [6, 6.07) is 16.2. The third-order valence-electron chi connectivity index (χ3n) is 4.06. The van der Waals surface area contributed by atoms with Crippen LogP contribution < -0.4 is 15.4 Å². The van der Waals surface area contributed by atoms with E-state index in [1.54, 1.807) is 24.3 Å². The van der Waals surface area contributed by atoms with Gasteiger partial charge >= 0.3 is 6.03 Å². The Labute approximate surface area is 171 Å². The summed E-state index contributed by atoms with van der Waals surface area (Å²) in [7, 11) is 0. The number of nitrogens with one attached hydrogen (secondary N) is 2. The molecule has 2 aromatic heterocycles. The van der Waals surface area contributed by atoms with E-state index in [1.807, 2.05) is 51.1 Å². The molecule has 0 spiro atoms. The molecule has 0 saturated heterocycles. The Kier molecular flexibility index (Phi) is 4.94. The summed E-state index contributed by atoms with van der Waals surface area (Å²) in [6.45, 7) is 6.02. The molecule has 0 aliphatic rings. The number of urea groups is 1. The van der Waals surface area contributed by atoms with Gasteiger partial charge in [0.1, 0.15) is 11.5 Å². The smallest absolute Gasteiger partial charge is 0.324 e. The van der Waals surface area contributed by atoms with Gasteiger partial charge in [0, 0.05) is 23.2 Å². The molecule has 0 saturated carbocycles. The van der Waals surface area contributed by atoms with Crippen molar-refractivity contribution in [2.24, 2.45) is 0 Å². The quantitative estimate of drug-likeness (QED) is 0.431. The minimum Gasteiger partial charge on any atom is -0.431 e. The molecule has 2 amide bonds. The maximum absolute atomic E-state index is 12.3. The highest BCUT2D eigenvalue weighted by Gasteiger charge is 2.20. The summed E-state index contributed by atoms with van der Waals surface area (Å²) in [5.74, 6) is 1.63. The molecule has 4 aromatic rings. The van der Waals surface area contributed by atoms with Crippen LogP contribution in [0.4, 0.5) is 16.3 Å². The number of ether oxygens (including phenoxy) is 1. The fourth-order valence-corrected chi connectivity index (χ4v) is 3.43. The monoisotopic (exact) mass is 408 g/mol. The van der Waals surface area contributed by atoms with Crippen LogP contribution in [-0.4, -0.2) is 16.2 Å². The van der Waals surface area contributed by atoms with Gasteiger partial charge in [0.05, 0.1) is 10.2 Å². The predicted molar refractivity (Wildman–Crippen MR) is 114 cm³/mol. The number of para-hydroxylation sites is 1. The van der Waals surface area contributed by atoms with E-state index in [-0.39, 0.29) is 5.41 Å². The maximum Gasteiger partial charge on any atom is 0.324 e. The lowest BCUT2D eigenvalue weighted by Gasteiger charge is -2.12. The number of benzene rings is 2. The van der Waals surface area contributed by atoms with Gasteiger partial charge in [0.15, 0.2) is 5.82 Å². The van der Waals surface area contributed by atoms with E-state index < -0.39 is 6.03 Å². The van der Waals surface area contributed by atoms with Crippen molar-refractivity contribution >= 4 is 39.1 Å². The normalized spacial score (nSPS) is 11.4. The average Bonchev–Trinajstić information content (AvgIpc) is 3.28. The van der Waals surface area contributed by atoms with Crippen molar-refractivity contribution in [2.75, 3.05) is 10.6 Å². The summed E-state index contributed by atoms with van der Waals surface area (Å²) >= 11 is 1.47. The standard InChI is InChI=1S/C21H20N4O3S/c1-21(2,3)17-12-18(25-28-17)24-19(26)22-13-7-6-8-14(11-13)27-20-23-15-9-4-5-10-16(15)29-20/h4-12H,1-3H3,(H2,22,24,25,26). The second kappa shape index (κ2) is 7.56. The second-order valence-corrected chi connectivity index (χ2v) is 8.48. The molecule has 29 heavy (non-hydrogen) atoms. The molecule has 0 bridgehead atoms. The Hall–Kier alpha value is -3.39. The van der Waals surface area contributed by atoms with E-state index in [0.717, 1.165) is 10.2 Å². The van der Waals surface area contributed by atoms with E-state index in [9.17, 15) is 4.79 Å². The van der Waals surface area contributed by atoms with Gasteiger partial charge in [0.2, 0.25) is 0 Å². The van der Waals surface area contributed by atoms with Gasteiger partial charge in [-0.15, -0.1) is 0 Å². The average molecular weight is 408 g/mol. The van der Waals surface area contributed by atoms with Crippen LogP contribution in [0.25, 0.3) is 10.2 Å². The van der Waals surface area contributed by atoms with Gasteiger partial charge < -0.3 is 14.6 Å². The van der Waals surface area contributed by atoms with Crippen molar-refractivity contribution in [3.63, 3.8) is 0 Å². The lowest BCUT2D eigenvalue weighted by molar-refractivity contribution is 0.262. The molecule has 0 unspecified atom stereocenters. The Morgan fingerprint density at radius 3 is 2.66 bits per heavy atom. The van der Waals surface area contributed by atoms with Crippen molar-refractivity contribution in [1.29, 1.82) is 0 Å². The number of carbonyl (C=O) groups is 1. The molecule has 2 heterocycles. The van der Waals surface area contributed by atoms with Crippen LogP contribution >= 0.6 is 11.3 Å². The first-order valence-corrected chi connectivity index (χ1v) is 9.87. The van der Waals surface area contributed by atoms with E-state index in [1.165, 1.54) is 11.3 Å². The largest absolute Gasteiger partial charge is 0.431 e. The number of anilines is 2. The molecule has 2 N–H and O–H groups in total. The predicted octanol–water partition coefficient (Wildman–Crippen LogP) is 6.02. The van der Waals surface area contributed by atoms with Crippen LogP contribution in [0.3, 0.4) is 0 Å². The van der Waals surface area contributed by atoms with Crippen molar-refractivity contribution in [3.8, 4) is 10.9 Å². The van der Waals surface area contributed by atoms with E-state index in [2.05, 4.69) is 20.8 Å². The van der Waals surface area contributed by atoms with Crippen molar-refractivity contribution in [1.82, 2.24) is 10.1 Å². The number of nitrogens with zero attached hydrogens (tertiary/aromatic N) is 2. The van der Waals surface area contributed by atoms with E-state index in [0.29, 0.717) is 28.2 Å². The Bertz CT molecular complexity index is 1130. The summed E-state index contributed by atoms with van der Waals surface area (Å²) in [5, 5.41) is 9.85. The molecule has 4 rings (SSSR count). The third kappa shape index (κ3) is 4.55. The highest BCUT2D eigenvalue weighted by molar-refractivity contribution is 7.20. The van der Waals surface area contributed by atoms with Gasteiger partial charge in [-0.3, -0.25) is 5.32 Å². The molecule has 0 radical (unpaired) electrons. The molecular weight excluding hydrogens is 388 g/mol. The fourth-order valence-electron chi connectivity index (χ4n) is 2.60. The number of fused-ring (bicyclic) bond motifs is 1. The van der Waals surface area contributed by atoms with Gasteiger partial charge in [-0.2, -0.15) is 0 Å². The van der Waals surface area contributed by atoms with Crippen molar-refractivity contribution in [2.45, 2.75) is 26.2 Å². The van der Waals surface area contributed by atoms with Crippen LogP contribution in [0.15, 0.2) is 59.1 Å². The topological polar surface area (TPSA) is 89.3 Å². The zero-order valence-corrected chi connectivity index (χ0v) is 17.0. The van der Waals surface area contributed by atoms with Crippen LogP contribution in [-0.2, 0) is 5.41 Å². The summed E-state index contributed by atoms with van der Waals surface area (Å²) in [4.78, 5) is 16.7. The Morgan fingerprint density at radius 2 is 1.90 bits per heavy atom. The SMILES string of the molecule is CC(C)(C)c1cc(NC(=O)Nc2cccc(Oc3nc4ccccc4s3)c2)no1. The minimum absolute atomic E-state index is 0.185. The molecule has 0 aliphatic carbocycles. The van der Waals surface area contributed by atoms with Crippen LogP contribution in [0, 0.1) is 0 Å². The molecule has 2 aromatic carbocycles. The number of thiazole rings is 1. The van der Waals surface area contributed by atoms with Crippen LogP contribution in [0.2, 0.25) is 0 Å². The molecule has 0 aliphatic heterocycles. The molecule has 0 atom stereocenters. The van der Waals surface area contributed by atoms with Crippen molar-refractivity contribution < 1.29 is 14.1 Å². The van der Waals surface area contributed by atoms with Crippen molar-refractivity contribution in [3.05, 3.63) is 60.4 Å². The van der Waals surface area contributed by atoms with E-state index in [4.69, 9.17) is 9.26 Å². The number of amides is 2. The second-order valence-electron chi connectivity index (χ2n) is 7.48. The minimum atomic E-state index is -0.420. The van der Waals surface area contributed by atoms with E-state index >= 15 is 0 Å². The first-order chi connectivity index (χ1) is 13.9. The molecule has 0 fully saturated rings. The number of hydrogen-bond donors (Lipinski definition) is 2. The number of rotatable bonds is 4. The zero-order valence-electron chi connectivity index (χ0n) is 16.2. The lowest BCUT2D eigenvalue weighted by atomic mass is 9.93. The van der Waals surface area contributed by atoms with Gasteiger partial charge in [-0.1, -0.05) is 55.5 Å². The Balaban J connectivity index is 1.41. The maximum atomic E-state index is 12.3. The number of aromatic nitrogens is 2. The van der Waals surface area contributed by atoms with Gasteiger partial charge in [-0.25, -0.2) is 9.78 Å². The zero-order chi connectivity index (χ0) is 20.4. The van der Waals surface area contributed by atoms with Crippen LogP contribution in [0.5, 0.6) is 10.9 Å². The fraction of sp³-hybridized carbons (Fsp3) is 0.190. The molecular formula is C21H20N4O3S. The first-order valence-electron chi connectivity index (χ1n) is 9.05.